The third-order valence-electron chi connectivity index (χ3n) is 3.58. The van der Waals surface area contributed by atoms with Crippen LogP contribution >= 0.6 is 0 Å². The zero-order chi connectivity index (χ0) is 15.1. The predicted molar refractivity (Wildman–Crippen MR) is 83.6 cm³/mol. The van der Waals surface area contributed by atoms with Gasteiger partial charge in [-0.25, -0.2) is 0 Å². The molecule has 5 heteroatoms. The summed E-state index contributed by atoms with van der Waals surface area (Å²) in [5, 5.41) is 2.84. The van der Waals surface area contributed by atoms with Crippen LogP contribution in [-0.2, 0) is 4.79 Å². The van der Waals surface area contributed by atoms with Gasteiger partial charge in [0.25, 0.3) is 0 Å². The number of hydrogen-bond donors (Lipinski definition) is 2. The number of nitrogens with two attached hydrogens (primary N) is 1. The summed E-state index contributed by atoms with van der Waals surface area (Å²) in [6, 6.07) is 3.40. The van der Waals surface area contributed by atoms with Crippen molar-refractivity contribution in [2.24, 2.45) is 0 Å². The molecule has 1 aromatic rings. The van der Waals surface area contributed by atoms with Crippen LogP contribution in [0.15, 0.2) is 12.1 Å². The smallest absolute Gasteiger partial charge is 0.231 e. The molecule has 0 fully saturated rings. The lowest BCUT2D eigenvalue weighted by molar-refractivity contribution is -0.116. The van der Waals surface area contributed by atoms with Crippen LogP contribution in [0.3, 0.4) is 0 Å². The minimum absolute atomic E-state index is 0.00365. The van der Waals surface area contributed by atoms with E-state index in [4.69, 9.17) is 15.2 Å². The van der Waals surface area contributed by atoms with Gasteiger partial charge in [-0.2, -0.15) is 0 Å². The van der Waals surface area contributed by atoms with Crippen LogP contribution in [-0.4, -0.2) is 12.7 Å². The Kier molecular flexibility index (Phi) is 5.72. The van der Waals surface area contributed by atoms with Crippen LogP contribution in [0.2, 0.25) is 0 Å². The van der Waals surface area contributed by atoms with Gasteiger partial charge >= 0.3 is 0 Å². The van der Waals surface area contributed by atoms with E-state index >= 15 is 0 Å². The van der Waals surface area contributed by atoms with Crippen LogP contribution < -0.4 is 20.5 Å². The molecular weight excluding hydrogens is 268 g/mol. The van der Waals surface area contributed by atoms with E-state index in [1.807, 2.05) is 0 Å². The highest BCUT2D eigenvalue weighted by Gasteiger charge is 2.17. The first-order chi connectivity index (χ1) is 10.2. The van der Waals surface area contributed by atoms with E-state index in [-0.39, 0.29) is 12.7 Å². The molecule has 0 aliphatic carbocycles. The number of hydrogen-bond acceptors (Lipinski definition) is 4. The Morgan fingerprint density at radius 3 is 2.57 bits per heavy atom. The van der Waals surface area contributed by atoms with E-state index in [1.165, 1.54) is 25.7 Å². The average Bonchev–Trinajstić information content (AvgIpc) is 2.90. The number of fused-ring (bicyclic) bond motifs is 1. The summed E-state index contributed by atoms with van der Waals surface area (Å²) >= 11 is 0. The molecule has 1 aliphatic rings. The lowest BCUT2D eigenvalue weighted by atomic mass is 10.1. The van der Waals surface area contributed by atoms with Gasteiger partial charge in [-0.05, 0) is 6.42 Å². The van der Waals surface area contributed by atoms with Gasteiger partial charge in [-0.15, -0.1) is 0 Å². The molecule has 0 atom stereocenters. The molecule has 5 nitrogen and oxygen atoms in total. The van der Waals surface area contributed by atoms with Gasteiger partial charge < -0.3 is 20.5 Å². The largest absolute Gasteiger partial charge is 0.454 e. The highest BCUT2D eigenvalue weighted by Crippen LogP contribution is 2.38. The highest BCUT2D eigenvalue weighted by molar-refractivity contribution is 5.94. The molecule has 2 rings (SSSR count). The van der Waals surface area contributed by atoms with Crippen molar-refractivity contribution < 1.29 is 14.3 Å². The summed E-state index contributed by atoms with van der Waals surface area (Å²) in [7, 11) is 0. The first kappa shape index (κ1) is 15.5. The maximum Gasteiger partial charge on any atom is 0.231 e. The van der Waals surface area contributed by atoms with Crippen LogP contribution in [0.25, 0.3) is 0 Å². The fourth-order valence-electron chi connectivity index (χ4n) is 2.34. The van der Waals surface area contributed by atoms with Gasteiger partial charge in [0.2, 0.25) is 12.7 Å². The Morgan fingerprint density at radius 2 is 1.81 bits per heavy atom. The lowest BCUT2D eigenvalue weighted by Gasteiger charge is -2.09. The van der Waals surface area contributed by atoms with Crippen LogP contribution in [0.5, 0.6) is 11.5 Å². The molecule has 1 aliphatic heterocycles. The van der Waals surface area contributed by atoms with Crippen molar-refractivity contribution in [1.29, 1.82) is 0 Å². The number of rotatable bonds is 8. The van der Waals surface area contributed by atoms with Crippen molar-refractivity contribution in [3.05, 3.63) is 12.1 Å². The number of carbonyl (C=O) groups excluding carboxylic acids is 1. The van der Waals surface area contributed by atoms with Gasteiger partial charge in [0.15, 0.2) is 11.5 Å². The number of anilines is 2. The van der Waals surface area contributed by atoms with E-state index in [0.717, 1.165) is 12.8 Å². The Labute approximate surface area is 125 Å². The number of unbranched alkanes of at least 4 members (excludes halogenated alkanes) is 5. The molecule has 0 radical (unpaired) electrons. The van der Waals surface area contributed by atoms with Gasteiger partial charge in [-0.1, -0.05) is 39.0 Å². The number of benzene rings is 1. The molecule has 0 spiro atoms. The second-order valence-corrected chi connectivity index (χ2v) is 5.36. The molecule has 3 N–H and O–H groups in total. The zero-order valence-corrected chi connectivity index (χ0v) is 12.6. The average molecular weight is 292 g/mol. The summed E-state index contributed by atoms with van der Waals surface area (Å²) in [6.45, 7) is 2.40. The third kappa shape index (κ3) is 4.55. The molecule has 1 aromatic carbocycles. The lowest BCUT2D eigenvalue weighted by Crippen LogP contribution is -2.12. The number of carbonyl (C=O) groups is 1. The molecule has 1 heterocycles. The summed E-state index contributed by atoms with van der Waals surface area (Å²) in [5.41, 5.74) is 6.99. The highest BCUT2D eigenvalue weighted by atomic mass is 16.7. The van der Waals surface area contributed by atoms with Crippen molar-refractivity contribution in [2.75, 3.05) is 17.8 Å². The molecule has 116 valence electrons. The number of amides is 1. The molecule has 0 saturated carbocycles. The van der Waals surface area contributed by atoms with Gasteiger partial charge in [0, 0.05) is 18.6 Å². The van der Waals surface area contributed by atoms with Crippen LogP contribution in [0.1, 0.15) is 51.9 Å². The first-order valence-corrected chi connectivity index (χ1v) is 7.69. The predicted octanol–water partition coefficient (Wildman–Crippen LogP) is 3.69. The summed E-state index contributed by atoms with van der Waals surface area (Å²) in [6.07, 6.45) is 7.52. The molecule has 0 aromatic heterocycles. The minimum Gasteiger partial charge on any atom is -0.454 e. The number of nitrogens with one attached hydrogen (secondary N) is 1. The molecular formula is C16H24N2O3. The zero-order valence-electron chi connectivity index (χ0n) is 12.6. The summed E-state index contributed by atoms with van der Waals surface area (Å²) < 4.78 is 10.5. The Balaban J connectivity index is 1.75. The Morgan fingerprint density at radius 1 is 1.14 bits per heavy atom. The maximum absolute atomic E-state index is 11.9. The Hall–Kier alpha value is -1.91. The molecule has 21 heavy (non-hydrogen) atoms. The van der Waals surface area contributed by atoms with E-state index in [1.54, 1.807) is 12.1 Å². The van der Waals surface area contributed by atoms with Crippen molar-refractivity contribution in [3.8, 4) is 11.5 Å². The van der Waals surface area contributed by atoms with Crippen molar-refractivity contribution >= 4 is 17.3 Å². The minimum atomic E-state index is -0.00365. The standard InChI is InChI=1S/C16H24N2O3/c1-2-3-4-5-6-7-8-16(19)18-13-10-15-14(9-12(13)17)20-11-21-15/h9-10H,2-8,11,17H2,1H3,(H,18,19). The van der Waals surface area contributed by atoms with E-state index < -0.39 is 0 Å². The second kappa shape index (κ2) is 7.76. The molecule has 0 bridgehead atoms. The third-order valence-corrected chi connectivity index (χ3v) is 3.58. The van der Waals surface area contributed by atoms with Crippen LogP contribution in [0, 0.1) is 0 Å². The van der Waals surface area contributed by atoms with E-state index in [9.17, 15) is 4.79 Å². The van der Waals surface area contributed by atoms with Gasteiger partial charge in [0.05, 0.1) is 11.4 Å². The quantitative estimate of drug-likeness (QED) is 0.566. The fraction of sp³-hybridized carbons (Fsp3) is 0.562. The molecule has 0 saturated heterocycles. The van der Waals surface area contributed by atoms with Crippen molar-refractivity contribution in [2.45, 2.75) is 51.9 Å². The second-order valence-electron chi connectivity index (χ2n) is 5.36. The topological polar surface area (TPSA) is 73.6 Å². The monoisotopic (exact) mass is 292 g/mol. The summed E-state index contributed by atoms with van der Waals surface area (Å²) in [4.78, 5) is 11.9. The van der Waals surface area contributed by atoms with Gasteiger partial charge in [-0.3, -0.25) is 4.79 Å². The van der Waals surface area contributed by atoms with Crippen molar-refractivity contribution in [1.82, 2.24) is 0 Å². The maximum atomic E-state index is 11.9. The molecule has 0 unspecified atom stereocenters. The Bertz CT molecular complexity index is 489. The van der Waals surface area contributed by atoms with Crippen LogP contribution in [0.4, 0.5) is 11.4 Å². The normalized spacial score (nSPS) is 12.4. The number of nitrogen functional groups attached to an aromatic ring is 1. The summed E-state index contributed by atoms with van der Waals surface area (Å²) in [5.74, 6) is 1.25. The fourth-order valence-corrected chi connectivity index (χ4v) is 2.34. The van der Waals surface area contributed by atoms with Crippen molar-refractivity contribution in [3.63, 3.8) is 0 Å². The first-order valence-electron chi connectivity index (χ1n) is 7.69. The van der Waals surface area contributed by atoms with Gasteiger partial charge in [0.1, 0.15) is 0 Å². The SMILES string of the molecule is CCCCCCCCC(=O)Nc1cc2c(cc1N)OCO2. The van der Waals surface area contributed by atoms with E-state index in [2.05, 4.69) is 12.2 Å². The number of ether oxygens (including phenoxy) is 2. The van der Waals surface area contributed by atoms with E-state index in [0.29, 0.717) is 29.3 Å². The molecule has 1 amide bonds.